The zero-order chi connectivity index (χ0) is 24.3. The van der Waals surface area contributed by atoms with Gasteiger partial charge in [-0.1, -0.05) is 54.6 Å². The Balaban J connectivity index is 1.45. The van der Waals surface area contributed by atoms with Gasteiger partial charge in [-0.2, -0.15) is 0 Å². The van der Waals surface area contributed by atoms with E-state index in [1.165, 1.54) is 25.7 Å². The third-order valence-electron chi connectivity index (χ3n) is 7.06. The lowest BCUT2D eigenvalue weighted by Gasteiger charge is -2.20. The maximum atomic E-state index is 5.07. The molecule has 0 saturated carbocycles. The van der Waals surface area contributed by atoms with Gasteiger partial charge < -0.3 is 0 Å². The van der Waals surface area contributed by atoms with Gasteiger partial charge in [0.2, 0.25) is 0 Å². The summed E-state index contributed by atoms with van der Waals surface area (Å²) < 4.78 is 2.56. The normalized spacial score (nSPS) is 11.8. The monoisotopic (exact) mass is 490 g/mol. The Morgan fingerprint density at radius 2 is 1.03 bits per heavy atom. The molecule has 0 aliphatic heterocycles. The van der Waals surface area contributed by atoms with Crippen LogP contribution >= 0.6 is 11.3 Å². The molecule has 4 nitrogen and oxygen atoms in total. The highest BCUT2D eigenvalue weighted by Gasteiger charge is 2.25. The minimum atomic E-state index is 0.853. The number of hydrogen-bond donors (Lipinski definition) is 0. The smallest absolute Gasteiger partial charge is 0.0972 e. The number of pyridine rings is 4. The van der Waals surface area contributed by atoms with Gasteiger partial charge >= 0.3 is 0 Å². The van der Waals surface area contributed by atoms with Crippen LogP contribution in [0.4, 0.5) is 0 Å². The van der Waals surface area contributed by atoms with Gasteiger partial charge in [0, 0.05) is 78.3 Å². The van der Waals surface area contributed by atoms with Crippen molar-refractivity contribution in [3.8, 4) is 56.2 Å². The molecule has 0 fully saturated rings. The second-order valence-electron chi connectivity index (χ2n) is 9.10. The predicted octanol–water partition coefficient (Wildman–Crippen LogP) is 8.28. The van der Waals surface area contributed by atoms with Crippen molar-refractivity contribution in [3.63, 3.8) is 0 Å². The van der Waals surface area contributed by atoms with Gasteiger partial charge in [-0.3, -0.25) is 19.9 Å². The summed E-state index contributed by atoms with van der Waals surface area (Å²) in [6, 6.07) is 29.6. The molecule has 2 aromatic carbocycles. The summed E-state index contributed by atoms with van der Waals surface area (Å²) >= 11 is 1.83. The van der Waals surface area contributed by atoms with E-state index in [0.29, 0.717) is 0 Å². The van der Waals surface area contributed by atoms with Crippen molar-refractivity contribution < 1.29 is 0 Å². The molecular weight excluding hydrogens is 472 g/mol. The van der Waals surface area contributed by atoms with E-state index in [4.69, 9.17) is 19.9 Å². The Kier molecular flexibility index (Phi) is 4.36. The van der Waals surface area contributed by atoms with Gasteiger partial charge in [-0.05, 0) is 30.3 Å². The molecule has 0 radical (unpaired) electrons. The van der Waals surface area contributed by atoms with Crippen molar-refractivity contribution in [2.45, 2.75) is 0 Å². The van der Waals surface area contributed by atoms with E-state index in [1.54, 1.807) is 0 Å². The fourth-order valence-electron chi connectivity index (χ4n) is 5.41. The Hall–Kier alpha value is -4.74. The molecule has 37 heavy (non-hydrogen) atoms. The van der Waals surface area contributed by atoms with Gasteiger partial charge in [0.05, 0.1) is 22.8 Å². The van der Waals surface area contributed by atoms with Gasteiger partial charge in [0.25, 0.3) is 0 Å². The highest BCUT2D eigenvalue weighted by Crippen LogP contribution is 2.46. The average molecular weight is 491 g/mol. The number of thiophene rings is 1. The van der Waals surface area contributed by atoms with Crippen LogP contribution in [0.2, 0.25) is 0 Å². The van der Waals surface area contributed by atoms with Crippen molar-refractivity contribution >= 4 is 31.5 Å². The van der Waals surface area contributed by atoms with Crippen molar-refractivity contribution in [2.75, 3.05) is 0 Å². The van der Waals surface area contributed by atoms with E-state index in [9.17, 15) is 0 Å². The van der Waals surface area contributed by atoms with Crippen LogP contribution in [-0.4, -0.2) is 19.9 Å². The first-order chi connectivity index (χ1) is 18.4. The molecule has 5 heterocycles. The quantitative estimate of drug-likeness (QED) is 0.232. The van der Waals surface area contributed by atoms with Crippen LogP contribution in [0.5, 0.6) is 0 Å². The summed E-state index contributed by atoms with van der Waals surface area (Å²) in [5.74, 6) is 0. The summed E-state index contributed by atoms with van der Waals surface area (Å²) in [6.45, 7) is 0. The minimum Gasteiger partial charge on any atom is -0.254 e. The van der Waals surface area contributed by atoms with Crippen molar-refractivity contribution in [3.05, 3.63) is 110 Å². The first-order valence-electron chi connectivity index (χ1n) is 12.1. The molecule has 8 rings (SSSR count). The second-order valence-corrected chi connectivity index (χ2v) is 10.2. The zero-order valence-corrected chi connectivity index (χ0v) is 20.4. The van der Waals surface area contributed by atoms with E-state index in [2.05, 4.69) is 66.7 Å². The van der Waals surface area contributed by atoms with Gasteiger partial charge in [-0.15, -0.1) is 11.3 Å². The van der Waals surface area contributed by atoms with Crippen LogP contribution in [0, 0.1) is 0 Å². The van der Waals surface area contributed by atoms with Crippen LogP contribution < -0.4 is 0 Å². The Morgan fingerprint density at radius 3 is 1.73 bits per heavy atom. The number of fused-ring (bicyclic) bond motifs is 11. The molecule has 5 aromatic heterocycles. The lowest BCUT2D eigenvalue weighted by Crippen LogP contribution is -2.03. The van der Waals surface area contributed by atoms with E-state index < -0.39 is 0 Å². The van der Waals surface area contributed by atoms with Crippen LogP contribution in [0.3, 0.4) is 0 Å². The SMILES string of the molecule is c1cnc2c(c1)-c1cccnc1-c1ncc(-c3cccc4c3sc3ccccc34)cc1-c1cccnc1-2. The fraction of sp³-hybridized carbons (Fsp3) is 0. The van der Waals surface area contributed by atoms with E-state index >= 15 is 0 Å². The van der Waals surface area contributed by atoms with Crippen LogP contribution in [-0.2, 0) is 0 Å². The molecule has 0 spiro atoms. The van der Waals surface area contributed by atoms with E-state index in [-0.39, 0.29) is 0 Å². The molecule has 0 bridgehead atoms. The Morgan fingerprint density at radius 1 is 0.459 bits per heavy atom. The molecule has 172 valence electrons. The molecule has 1 aliphatic rings. The average Bonchev–Trinajstić information content (AvgIpc) is 3.35. The van der Waals surface area contributed by atoms with Gasteiger partial charge in [0.1, 0.15) is 0 Å². The molecule has 1 aliphatic carbocycles. The minimum absolute atomic E-state index is 0.853. The molecule has 5 heteroatoms. The third-order valence-corrected chi connectivity index (χ3v) is 8.27. The molecule has 0 atom stereocenters. The van der Waals surface area contributed by atoms with E-state index in [1.807, 2.05) is 54.3 Å². The van der Waals surface area contributed by atoms with Gasteiger partial charge in [0.15, 0.2) is 0 Å². The summed E-state index contributed by atoms with van der Waals surface area (Å²) in [7, 11) is 0. The largest absolute Gasteiger partial charge is 0.254 e. The summed E-state index contributed by atoms with van der Waals surface area (Å²) in [5.41, 5.74) is 9.71. The topological polar surface area (TPSA) is 51.6 Å². The summed E-state index contributed by atoms with van der Waals surface area (Å²) in [6.07, 6.45) is 7.47. The van der Waals surface area contributed by atoms with Crippen LogP contribution in [0.1, 0.15) is 0 Å². The molecule has 0 N–H and O–H groups in total. The summed E-state index contributed by atoms with van der Waals surface area (Å²) in [5, 5.41) is 2.57. The fourth-order valence-corrected chi connectivity index (χ4v) is 6.65. The van der Waals surface area contributed by atoms with Crippen LogP contribution in [0.15, 0.2) is 110 Å². The first kappa shape index (κ1) is 20.5. The number of nitrogens with zero attached hydrogens (tertiary/aromatic N) is 4. The van der Waals surface area contributed by atoms with Crippen molar-refractivity contribution in [1.82, 2.24) is 19.9 Å². The number of rotatable bonds is 1. The lowest BCUT2D eigenvalue weighted by molar-refractivity contribution is 1.21. The summed E-state index contributed by atoms with van der Waals surface area (Å²) in [4.78, 5) is 19.4. The third kappa shape index (κ3) is 3.01. The van der Waals surface area contributed by atoms with Crippen molar-refractivity contribution in [1.29, 1.82) is 0 Å². The first-order valence-corrected chi connectivity index (χ1v) is 13.0. The molecule has 7 aromatic rings. The lowest BCUT2D eigenvalue weighted by atomic mass is 9.88. The highest BCUT2D eigenvalue weighted by molar-refractivity contribution is 7.26. The van der Waals surface area contributed by atoms with Crippen LogP contribution in [0.25, 0.3) is 76.3 Å². The Bertz CT molecular complexity index is 2000. The molecule has 0 saturated heterocycles. The van der Waals surface area contributed by atoms with Crippen molar-refractivity contribution in [2.24, 2.45) is 0 Å². The molecular formula is C32H18N4S. The maximum absolute atomic E-state index is 5.07. The van der Waals surface area contributed by atoms with E-state index in [0.717, 1.165) is 50.6 Å². The highest BCUT2D eigenvalue weighted by atomic mass is 32.1. The number of aromatic nitrogens is 4. The number of hydrogen-bond acceptors (Lipinski definition) is 5. The number of benzene rings is 2. The molecule has 0 amide bonds. The second kappa shape index (κ2) is 7.88. The van der Waals surface area contributed by atoms with Gasteiger partial charge in [-0.25, -0.2) is 0 Å². The standard InChI is InChI=1S/C32H18N4S/c1-2-13-27-21(7-1)25-9-3-8-20(32(25)37-27)19-17-26-24-12-6-16-35-30(24)28-22(10-4-14-33-28)23-11-5-15-34-29(23)31(26)36-18-19/h1-18H. The zero-order valence-electron chi connectivity index (χ0n) is 19.6. The predicted molar refractivity (Wildman–Crippen MR) is 151 cm³/mol. The Labute approximate surface area is 217 Å². The molecule has 0 unspecified atom stereocenters. The maximum Gasteiger partial charge on any atom is 0.0972 e.